The highest BCUT2D eigenvalue weighted by Crippen LogP contribution is 2.30. The van der Waals surface area contributed by atoms with Gasteiger partial charge in [-0.3, -0.25) is 4.79 Å². The number of amides is 1. The lowest BCUT2D eigenvalue weighted by molar-refractivity contribution is -0.117. The third kappa shape index (κ3) is 4.47. The molecule has 0 bridgehead atoms. The van der Waals surface area contributed by atoms with Gasteiger partial charge < -0.3 is 24.3 Å². The van der Waals surface area contributed by atoms with Crippen molar-refractivity contribution < 1.29 is 14.3 Å². The quantitative estimate of drug-likeness (QED) is 0.323. The van der Waals surface area contributed by atoms with Crippen LogP contribution in [0, 0.1) is 11.3 Å². The number of methoxy groups -OCH3 is 2. The summed E-state index contributed by atoms with van der Waals surface area (Å²) in [5.41, 5.74) is 3.77. The Morgan fingerprint density at radius 2 is 2.03 bits per heavy atom. The number of ether oxygens (including phenoxy) is 2. The number of aromatic amines is 1. The van der Waals surface area contributed by atoms with E-state index in [1.807, 2.05) is 42.9 Å². The van der Waals surface area contributed by atoms with E-state index in [0.717, 1.165) is 22.2 Å². The van der Waals surface area contributed by atoms with Crippen molar-refractivity contribution >= 4 is 23.0 Å². The number of nitrogens with one attached hydrogen (secondary N) is 2. The average molecular weight is 457 g/mol. The molecular weight excluding hydrogens is 432 g/mol. The van der Waals surface area contributed by atoms with Gasteiger partial charge in [0, 0.05) is 42.2 Å². The van der Waals surface area contributed by atoms with Crippen molar-refractivity contribution in [2.24, 2.45) is 7.05 Å². The maximum absolute atomic E-state index is 12.9. The van der Waals surface area contributed by atoms with E-state index in [0.29, 0.717) is 22.7 Å². The van der Waals surface area contributed by atoms with Crippen LogP contribution in [0.4, 0.5) is 0 Å². The number of pyridine rings is 1. The molecule has 9 nitrogen and oxygen atoms in total. The summed E-state index contributed by atoms with van der Waals surface area (Å²) in [5.74, 6) is 0.681. The van der Waals surface area contributed by atoms with Gasteiger partial charge in [-0.05, 0) is 36.8 Å². The molecule has 0 saturated heterocycles. The zero-order valence-electron chi connectivity index (χ0n) is 19.3. The van der Waals surface area contributed by atoms with Gasteiger partial charge in [-0.15, -0.1) is 0 Å². The summed E-state index contributed by atoms with van der Waals surface area (Å²) in [7, 11) is 5.01. The van der Waals surface area contributed by atoms with E-state index in [-0.39, 0.29) is 11.6 Å². The van der Waals surface area contributed by atoms with E-state index in [1.165, 1.54) is 0 Å². The average Bonchev–Trinajstić information content (AvgIpc) is 3.47. The minimum absolute atomic E-state index is 0.0172. The van der Waals surface area contributed by atoms with E-state index in [2.05, 4.69) is 20.3 Å². The van der Waals surface area contributed by atoms with Crippen molar-refractivity contribution in [3.63, 3.8) is 0 Å². The van der Waals surface area contributed by atoms with Gasteiger partial charge in [-0.2, -0.15) is 5.26 Å². The smallest absolute Gasteiger partial charge is 0.262 e. The highest BCUT2D eigenvalue weighted by atomic mass is 16.5. The van der Waals surface area contributed by atoms with Crippen LogP contribution >= 0.6 is 0 Å². The summed E-state index contributed by atoms with van der Waals surface area (Å²) < 4.78 is 12.5. The highest BCUT2D eigenvalue weighted by Gasteiger charge is 2.17. The van der Waals surface area contributed by atoms with Crippen LogP contribution in [0.15, 0.2) is 54.8 Å². The minimum Gasteiger partial charge on any atom is -0.493 e. The second-order valence-corrected chi connectivity index (χ2v) is 7.77. The zero-order chi connectivity index (χ0) is 24.2. The zero-order valence-corrected chi connectivity index (χ0v) is 19.3. The molecule has 4 aromatic rings. The predicted octanol–water partition coefficient (Wildman–Crippen LogP) is 3.76. The summed E-state index contributed by atoms with van der Waals surface area (Å²) in [6.07, 6.45) is 8.63. The van der Waals surface area contributed by atoms with Gasteiger partial charge in [0.2, 0.25) is 0 Å². The van der Waals surface area contributed by atoms with Crippen LogP contribution in [-0.4, -0.2) is 39.6 Å². The number of hydrogen-bond donors (Lipinski definition) is 2. The lowest BCUT2D eigenvalue weighted by Gasteiger charge is -2.16. The molecule has 2 N–H and O–H groups in total. The molecule has 0 aliphatic rings. The molecule has 3 aromatic heterocycles. The Balaban J connectivity index is 1.59. The molecule has 0 saturated carbocycles. The van der Waals surface area contributed by atoms with Gasteiger partial charge in [0.15, 0.2) is 11.5 Å². The monoisotopic (exact) mass is 456 g/mol. The van der Waals surface area contributed by atoms with Crippen LogP contribution in [0.1, 0.15) is 24.1 Å². The highest BCUT2D eigenvalue weighted by molar-refractivity contribution is 6.04. The molecule has 0 aliphatic heterocycles. The first-order chi connectivity index (χ1) is 16.4. The number of aryl methyl sites for hydroxylation is 1. The number of nitrogens with zero attached hydrogens (tertiary/aromatic N) is 4. The molecule has 9 heteroatoms. The Morgan fingerprint density at radius 1 is 1.24 bits per heavy atom. The number of carbonyl (C=O) groups is 1. The Kier molecular flexibility index (Phi) is 6.32. The Bertz CT molecular complexity index is 1430. The van der Waals surface area contributed by atoms with Gasteiger partial charge in [0.05, 0.1) is 32.3 Å². The van der Waals surface area contributed by atoms with Crippen LogP contribution in [-0.2, 0) is 11.8 Å². The standard InChI is InChI=1S/C25H24N6O3/c1-15(16-5-6-22(33-3)23(9-16)34-4)30-25(32)17(10-26)7-18-11-27-24-20(18)8-19(12-28-24)21-13-31(2)14-29-21/h5-9,11-15H,1-4H3,(H,27,28)(H,30,32)/b17-7+/t15-/m1/s1. The number of carbonyl (C=O) groups excluding carboxylic acids is 1. The summed E-state index contributed by atoms with van der Waals surface area (Å²) in [6.45, 7) is 1.84. The van der Waals surface area contributed by atoms with Gasteiger partial charge >= 0.3 is 0 Å². The Hall–Kier alpha value is -4.58. The Labute approximate surface area is 196 Å². The van der Waals surface area contributed by atoms with Crippen molar-refractivity contribution in [1.29, 1.82) is 5.26 Å². The fourth-order valence-corrected chi connectivity index (χ4v) is 3.63. The molecule has 4 rings (SSSR count). The van der Waals surface area contributed by atoms with E-state index < -0.39 is 5.91 Å². The number of imidazole rings is 1. The third-order valence-electron chi connectivity index (χ3n) is 5.48. The first kappa shape index (κ1) is 22.6. The van der Waals surface area contributed by atoms with Gasteiger partial charge in [0.1, 0.15) is 17.3 Å². The maximum Gasteiger partial charge on any atom is 0.262 e. The number of fused-ring (bicyclic) bond motifs is 1. The number of rotatable bonds is 7. The Morgan fingerprint density at radius 3 is 2.71 bits per heavy atom. The molecule has 34 heavy (non-hydrogen) atoms. The first-order valence-corrected chi connectivity index (χ1v) is 10.5. The second-order valence-electron chi connectivity index (χ2n) is 7.77. The molecule has 1 aromatic carbocycles. The van der Waals surface area contributed by atoms with Gasteiger partial charge in [-0.1, -0.05) is 6.07 Å². The van der Waals surface area contributed by atoms with Crippen molar-refractivity contribution in [3.8, 4) is 28.8 Å². The van der Waals surface area contributed by atoms with Crippen LogP contribution in [0.2, 0.25) is 0 Å². The van der Waals surface area contributed by atoms with Crippen LogP contribution in [0.25, 0.3) is 28.4 Å². The maximum atomic E-state index is 12.9. The van der Waals surface area contributed by atoms with Gasteiger partial charge in [0.25, 0.3) is 5.91 Å². The molecule has 3 heterocycles. The second kappa shape index (κ2) is 9.50. The van der Waals surface area contributed by atoms with E-state index in [9.17, 15) is 10.1 Å². The molecule has 0 spiro atoms. The number of aromatic nitrogens is 4. The van der Waals surface area contributed by atoms with E-state index in [4.69, 9.17) is 9.47 Å². The van der Waals surface area contributed by atoms with Crippen LogP contribution in [0.5, 0.6) is 11.5 Å². The lowest BCUT2D eigenvalue weighted by Crippen LogP contribution is -2.27. The van der Waals surface area contributed by atoms with Crippen molar-refractivity contribution in [1.82, 2.24) is 24.8 Å². The molecule has 1 atom stereocenters. The van der Waals surface area contributed by atoms with Crippen molar-refractivity contribution in [2.75, 3.05) is 14.2 Å². The largest absolute Gasteiger partial charge is 0.493 e. The van der Waals surface area contributed by atoms with E-state index in [1.54, 1.807) is 51.1 Å². The minimum atomic E-state index is -0.479. The third-order valence-corrected chi connectivity index (χ3v) is 5.48. The summed E-state index contributed by atoms with van der Waals surface area (Å²) in [6, 6.07) is 9.00. The summed E-state index contributed by atoms with van der Waals surface area (Å²) in [4.78, 5) is 24.8. The van der Waals surface area contributed by atoms with Crippen LogP contribution in [0.3, 0.4) is 0 Å². The number of benzene rings is 1. The van der Waals surface area contributed by atoms with Gasteiger partial charge in [-0.25, -0.2) is 9.97 Å². The molecule has 0 unspecified atom stereocenters. The predicted molar refractivity (Wildman–Crippen MR) is 128 cm³/mol. The fraction of sp³-hybridized carbons (Fsp3) is 0.200. The lowest BCUT2D eigenvalue weighted by atomic mass is 10.1. The summed E-state index contributed by atoms with van der Waals surface area (Å²) >= 11 is 0. The fourth-order valence-electron chi connectivity index (χ4n) is 3.63. The van der Waals surface area contributed by atoms with Crippen LogP contribution < -0.4 is 14.8 Å². The SMILES string of the molecule is COc1ccc([C@@H](C)NC(=O)/C(C#N)=C/c2c[nH]c3ncc(-c4cn(C)cn4)cc23)cc1OC. The van der Waals surface area contributed by atoms with Crippen molar-refractivity contribution in [2.45, 2.75) is 13.0 Å². The first-order valence-electron chi connectivity index (χ1n) is 10.5. The molecule has 172 valence electrons. The van der Waals surface area contributed by atoms with Crippen molar-refractivity contribution in [3.05, 3.63) is 65.9 Å². The summed E-state index contributed by atoms with van der Waals surface area (Å²) in [5, 5.41) is 13.3. The number of hydrogen-bond acceptors (Lipinski definition) is 6. The normalized spacial score (nSPS) is 12.3. The topological polar surface area (TPSA) is 118 Å². The van der Waals surface area contributed by atoms with E-state index >= 15 is 0 Å². The molecule has 0 aliphatic carbocycles. The molecule has 1 amide bonds. The molecule has 0 fully saturated rings. The number of nitriles is 1. The number of H-pyrrole nitrogens is 1. The molecular formula is C25H24N6O3. The molecule has 0 radical (unpaired) electrons.